The Morgan fingerprint density at radius 2 is 1.53 bits per heavy atom. The molecule has 7 heteroatoms. The minimum Gasteiger partial charge on any atom is -0.494 e. The molecule has 0 fully saturated rings. The molecule has 1 aromatic heterocycles. The quantitative estimate of drug-likeness (QED) is 0.131. The van der Waals surface area contributed by atoms with Crippen molar-refractivity contribution in [1.29, 1.82) is 5.26 Å². The molecule has 0 atom stereocenters. The summed E-state index contributed by atoms with van der Waals surface area (Å²) in [4.78, 5) is 15.1. The van der Waals surface area contributed by atoms with E-state index in [0.717, 1.165) is 17.7 Å². The van der Waals surface area contributed by atoms with E-state index in [9.17, 15) is 15.4 Å². The Morgan fingerprint density at radius 1 is 0.917 bits per heavy atom. The van der Waals surface area contributed by atoms with Crippen LogP contribution in [0.5, 0.6) is 11.6 Å². The van der Waals surface area contributed by atoms with Gasteiger partial charge in [-0.3, -0.25) is 10.1 Å². The molecule has 0 N–H and O–H groups in total. The minimum atomic E-state index is -0.453. The van der Waals surface area contributed by atoms with Gasteiger partial charge in [0.25, 0.3) is 5.69 Å². The van der Waals surface area contributed by atoms with Crippen LogP contribution >= 0.6 is 0 Å². The topological polar surface area (TPSA) is 98.3 Å². The Balaban J connectivity index is 1.68. The number of hydrogen-bond acceptors (Lipinski definition) is 6. The second-order valence-corrected chi connectivity index (χ2v) is 8.70. The third kappa shape index (κ3) is 7.29. The lowest BCUT2D eigenvalue weighted by Crippen LogP contribution is -1.99. The van der Waals surface area contributed by atoms with E-state index in [0.29, 0.717) is 23.4 Å². The van der Waals surface area contributed by atoms with Crippen molar-refractivity contribution < 1.29 is 14.4 Å². The van der Waals surface area contributed by atoms with Gasteiger partial charge in [-0.2, -0.15) is 5.26 Å². The number of pyridine rings is 1. The Hall–Kier alpha value is -3.92. The summed E-state index contributed by atoms with van der Waals surface area (Å²) in [6.45, 7) is 2.93. The maximum absolute atomic E-state index is 11.0. The van der Waals surface area contributed by atoms with Crippen molar-refractivity contribution in [2.24, 2.45) is 0 Å². The van der Waals surface area contributed by atoms with E-state index >= 15 is 0 Å². The summed E-state index contributed by atoms with van der Waals surface area (Å²) < 4.78 is 11.3. The Labute approximate surface area is 212 Å². The van der Waals surface area contributed by atoms with Crippen molar-refractivity contribution in [2.45, 2.75) is 58.3 Å². The first-order valence-electron chi connectivity index (χ1n) is 12.5. The summed E-state index contributed by atoms with van der Waals surface area (Å²) >= 11 is 0. The number of nitro groups is 1. The molecule has 0 radical (unpaired) electrons. The summed E-state index contributed by atoms with van der Waals surface area (Å²) in [6.07, 6.45) is 10.1. The van der Waals surface area contributed by atoms with Crippen LogP contribution in [-0.4, -0.2) is 23.6 Å². The van der Waals surface area contributed by atoms with E-state index in [4.69, 9.17) is 9.47 Å². The van der Waals surface area contributed by atoms with E-state index in [1.165, 1.54) is 64.2 Å². The lowest BCUT2D eigenvalue weighted by atomic mass is 9.98. The highest BCUT2D eigenvalue weighted by molar-refractivity contribution is 5.78. The first-order valence-corrected chi connectivity index (χ1v) is 12.5. The van der Waals surface area contributed by atoms with Crippen LogP contribution in [0.3, 0.4) is 0 Å². The second kappa shape index (κ2) is 13.8. The number of non-ortho nitro benzene ring substituents is 1. The average Bonchev–Trinajstić information content (AvgIpc) is 2.91. The summed E-state index contributed by atoms with van der Waals surface area (Å²) in [7, 11) is 1.47. The Bertz CT molecular complexity index is 1170. The number of nitriles is 1. The standard InChI is InChI=1S/C29H33N3O4/c1-3-4-5-6-7-8-9-10-19-36-25-17-13-23(14-18-25)28-20-26(27(21-30)29(31-28)35-2)22-11-15-24(16-12-22)32(33)34/h11-18,20H,3-10,19H2,1-2H3. The van der Waals surface area contributed by atoms with Crippen molar-refractivity contribution in [1.82, 2.24) is 4.98 Å². The molecule has 0 unspecified atom stereocenters. The van der Waals surface area contributed by atoms with Gasteiger partial charge in [0.15, 0.2) is 0 Å². The molecule has 3 aromatic rings. The lowest BCUT2D eigenvalue weighted by Gasteiger charge is -2.12. The normalized spacial score (nSPS) is 10.6. The zero-order valence-corrected chi connectivity index (χ0v) is 21.0. The van der Waals surface area contributed by atoms with E-state index in [-0.39, 0.29) is 17.1 Å². The second-order valence-electron chi connectivity index (χ2n) is 8.70. The Morgan fingerprint density at radius 3 is 2.11 bits per heavy atom. The number of methoxy groups -OCH3 is 1. The fraction of sp³-hybridized carbons (Fsp3) is 0.379. The van der Waals surface area contributed by atoms with Crippen LogP contribution in [0.15, 0.2) is 54.6 Å². The van der Waals surface area contributed by atoms with Crippen molar-refractivity contribution in [3.8, 4) is 40.1 Å². The molecule has 0 aliphatic heterocycles. The van der Waals surface area contributed by atoms with Crippen LogP contribution in [0.4, 0.5) is 5.69 Å². The monoisotopic (exact) mass is 487 g/mol. The molecular weight excluding hydrogens is 454 g/mol. The predicted molar refractivity (Wildman–Crippen MR) is 141 cm³/mol. The van der Waals surface area contributed by atoms with Crippen molar-refractivity contribution in [2.75, 3.05) is 13.7 Å². The van der Waals surface area contributed by atoms with Gasteiger partial charge in [0.1, 0.15) is 17.4 Å². The third-order valence-electron chi connectivity index (χ3n) is 6.10. The largest absolute Gasteiger partial charge is 0.494 e. The minimum absolute atomic E-state index is 0.0129. The van der Waals surface area contributed by atoms with Gasteiger partial charge in [-0.1, -0.05) is 51.9 Å². The van der Waals surface area contributed by atoms with Gasteiger partial charge in [-0.25, -0.2) is 4.98 Å². The maximum atomic E-state index is 11.0. The van der Waals surface area contributed by atoms with E-state index < -0.39 is 4.92 Å². The van der Waals surface area contributed by atoms with Gasteiger partial charge in [0.2, 0.25) is 5.88 Å². The summed E-state index contributed by atoms with van der Waals surface area (Å²) in [5.41, 5.74) is 3.02. The van der Waals surface area contributed by atoms with Gasteiger partial charge < -0.3 is 9.47 Å². The summed E-state index contributed by atoms with van der Waals surface area (Å²) in [6, 6.07) is 17.7. The number of benzene rings is 2. The molecule has 0 saturated heterocycles. The number of ether oxygens (including phenoxy) is 2. The molecule has 2 aromatic carbocycles. The van der Waals surface area contributed by atoms with E-state index in [1.54, 1.807) is 18.2 Å². The first-order chi connectivity index (χ1) is 17.6. The zero-order chi connectivity index (χ0) is 25.8. The number of nitro benzene ring substituents is 1. The Kier molecular flexibility index (Phi) is 10.3. The number of rotatable bonds is 14. The van der Waals surface area contributed by atoms with Crippen molar-refractivity contribution in [3.63, 3.8) is 0 Å². The van der Waals surface area contributed by atoms with Crippen molar-refractivity contribution in [3.05, 3.63) is 70.3 Å². The number of unbranched alkanes of at least 4 members (excludes halogenated alkanes) is 7. The van der Waals surface area contributed by atoms with Gasteiger partial charge in [0.05, 0.1) is 24.3 Å². The summed E-state index contributed by atoms with van der Waals surface area (Å²) in [5.74, 6) is 1.01. The molecule has 0 amide bonds. The molecule has 7 nitrogen and oxygen atoms in total. The van der Waals surface area contributed by atoms with Crippen LogP contribution in [-0.2, 0) is 0 Å². The van der Waals surface area contributed by atoms with Gasteiger partial charge >= 0.3 is 0 Å². The number of hydrogen-bond donors (Lipinski definition) is 0. The average molecular weight is 488 g/mol. The smallest absolute Gasteiger partial charge is 0.269 e. The SMILES string of the molecule is CCCCCCCCCCOc1ccc(-c2cc(-c3ccc([N+](=O)[O-])cc3)c(C#N)c(OC)n2)cc1. The fourth-order valence-corrected chi connectivity index (χ4v) is 4.06. The predicted octanol–water partition coefficient (Wildman–Crippen LogP) is 7.72. The maximum Gasteiger partial charge on any atom is 0.269 e. The van der Waals surface area contributed by atoms with Gasteiger partial charge in [-0.05, 0) is 54.4 Å². The van der Waals surface area contributed by atoms with E-state index in [2.05, 4.69) is 18.0 Å². The molecule has 36 heavy (non-hydrogen) atoms. The lowest BCUT2D eigenvalue weighted by molar-refractivity contribution is -0.384. The molecular formula is C29H33N3O4. The molecule has 1 heterocycles. The number of aromatic nitrogens is 1. The van der Waals surface area contributed by atoms with Crippen LogP contribution in [0, 0.1) is 21.4 Å². The van der Waals surface area contributed by atoms with Crippen LogP contribution in [0.1, 0.15) is 63.9 Å². The molecule has 0 spiro atoms. The van der Waals surface area contributed by atoms with Gasteiger partial charge in [0, 0.05) is 23.3 Å². The first kappa shape index (κ1) is 26.7. The highest BCUT2D eigenvalue weighted by atomic mass is 16.6. The third-order valence-corrected chi connectivity index (χ3v) is 6.10. The van der Waals surface area contributed by atoms with Crippen LogP contribution in [0.25, 0.3) is 22.4 Å². The zero-order valence-electron chi connectivity index (χ0n) is 21.0. The van der Waals surface area contributed by atoms with Crippen LogP contribution in [0.2, 0.25) is 0 Å². The highest BCUT2D eigenvalue weighted by Gasteiger charge is 2.17. The highest BCUT2D eigenvalue weighted by Crippen LogP contribution is 2.34. The molecule has 188 valence electrons. The number of nitrogens with zero attached hydrogens (tertiary/aromatic N) is 3. The van der Waals surface area contributed by atoms with Crippen LogP contribution < -0.4 is 9.47 Å². The molecule has 0 aliphatic carbocycles. The molecule has 0 saturated carbocycles. The molecule has 3 rings (SSSR count). The summed E-state index contributed by atoms with van der Waals surface area (Å²) in [5, 5.41) is 20.7. The fourth-order valence-electron chi connectivity index (χ4n) is 4.06. The molecule has 0 bridgehead atoms. The van der Waals surface area contributed by atoms with E-state index in [1.807, 2.05) is 24.3 Å². The van der Waals surface area contributed by atoms with Crippen molar-refractivity contribution >= 4 is 5.69 Å². The molecule has 0 aliphatic rings. The van der Waals surface area contributed by atoms with Gasteiger partial charge in [-0.15, -0.1) is 0 Å².